The summed E-state index contributed by atoms with van der Waals surface area (Å²) in [5.41, 5.74) is 4.86. The first-order valence-electron chi connectivity index (χ1n) is 9.50. The topological polar surface area (TPSA) is 77.2 Å². The Labute approximate surface area is 166 Å². The number of aryl methyl sites for hydroxylation is 1. The Kier molecular flexibility index (Phi) is 4.31. The minimum absolute atomic E-state index is 0.251. The van der Waals surface area contributed by atoms with E-state index in [0.29, 0.717) is 23.8 Å². The lowest BCUT2D eigenvalue weighted by molar-refractivity contribution is 0.286. The van der Waals surface area contributed by atoms with Crippen LogP contribution in [0.3, 0.4) is 0 Å². The molecule has 5 rings (SSSR count). The Morgan fingerprint density at radius 3 is 3.00 bits per heavy atom. The van der Waals surface area contributed by atoms with Crippen LogP contribution in [0.1, 0.15) is 23.2 Å². The third kappa shape index (κ3) is 3.06. The van der Waals surface area contributed by atoms with Crippen LogP contribution in [0.2, 0.25) is 0 Å². The normalized spacial score (nSPS) is 13.2. The Balaban J connectivity index is 1.50. The highest BCUT2D eigenvalue weighted by Gasteiger charge is 2.19. The zero-order valence-electron chi connectivity index (χ0n) is 15.9. The lowest BCUT2D eigenvalue weighted by Crippen LogP contribution is -2.15. The quantitative estimate of drug-likeness (QED) is 0.574. The van der Waals surface area contributed by atoms with Gasteiger partial charge in [-0.3, -0.25) is 4.98 Å². The van der Waals surface area contributed by atoms with Gasteiger partial charge in [-0.05, 0) is 38.0 Å². The van der Waals surface area contributed by atoms with Gasteiger partial charge in [0.25, 0.3) is 0 Å². The van der Waals surface area contributed by atoms with Gasteiger partial charge in [0, 0.05) is 46.9 Å². The van der Waals surface area contributed by atoms with Crippen LogP contribution < -0.4 is 10.1 Å². The average Bonchev–Trinajstić information content (AvgIpc) is 3.24. The summed E-state index contributed by atoms with van der Waals surface area (Å²) >= 11 is 0. The molecule has 4 aromatic rings. The summed E-state index contributed by atoms with van der Waals surface area (Å²) in [6.45, 7) is 2.89. The maximum absolute atomic E-state index is 14.5. The summed E-state index contributed by atoms with van der Waals surface area (Å²) in [5.74, 6) is 1.01. The Bertz CT molecular complexity index is 1210. The number of nitrogens with one attached hydrogen (secondary N) is 1. The Hall–Kier alpha value is -3.55. The number of rotatable bonds is 4. The number of hydrogen-bond donors (Lipinski definition) is 1. The number of benzene rings is 1. The second-order valence-corrected chi connectivity index (χ2v) is 6.94. The number of halogens is 1. The summed E-state index contributed by atoms with van der Waals surface area (Å²) in [4.78, 5) is 13.3. The van der Waals surface area contributed by atoms with Crippen molar-refractivity contribution in [3.63, 3.8) is 0 Å². The Morgan fingerprint density at radius 1 is 1.17 bits per heavy atom. The number of anilines is 1. The van der Waals surface area contributed by atoms with Crippen molar-refractivity contribution in [1.29, 1.82) is 0 Å². The number of hydrogen-bond acceptors (Lipinski definition) is 6. The van der Waals surface area contributed by atoms with E-state index in [0.717, 1.165) is 41.0 Å². The number of pyridine rings is 1. The van der Waals surface area contributed by atoms with E-state index in [4.69, 9.17) is 4.74 Å². The first kappa shape index (κ1) is 17.5. The van der Waals surface area contributed by atoms with E-state index in [1.807, 2.05) is 19.1 Å². The lowest BCUT2D eigenvalue weighted by Gasteiger charge is -2.21. The molecule has 1 aliphatic heterocycles. The summed E-state index contributed by atoms with van der Waals surface area (Å²) in [6.07, 6.45) is 6.66. The van der Waals surface area contributed by atoms with Crippen LogP contribution in [-0.4, -0.2) is 31.2 Å². The standard InChI is InChI=1S/C21H19FN6O/c1-13-14(4-2-8-23-13)17-11-25-21(28-20(17)26-12-27-28)24-10-16-15-5-3-9-29-19(15)7-6-18(16)22/h2,4,6-8,11-12H,3,5,9-10H2,1H3,(H,24,25). The molecule has 1 N–H and O–H groups in total. The molecule has 0 saturated heterocycles. The predicted octanol–water partition coefficient (Wildman–Crippen LogP) is 3.57. The van der Waals surface area contributed by atoms with Gasteiger partial charge in [-0.15, -0.1) is 0 Å². The molecule has 0 radical (unpaired) electrons. The molecule has 0 aliphatic carbocycles. The third-order valence-corrected chi connectivity index (χ3v) is 5.19. The van der Waals surface area contributed by atoms with Crippen molar-refractivity contribution in [1.82, 2.24) is 24.6 Å². The maximum Gasteiger partial charge on any atom is 0.226 e. The van der Waals surface area contributed by atoms with Crippen molar-refractivity contribution >= 4 is 11.6 Å². The van der Waals surface area contributed by atoms with E-state index in [1.165, 1.54) is 12.4 Å². The van der Waals surface area contributed by atoms with E-state index >= 15 is 0 Å². The molecule has 0 spiro atoms. The fourth-order valence-electron chi connectivity index (χ4n) is 3.74. The van der Waals surface area contributed by atoms with Gasteiger partial charge in [-0.2, -0.15) is 9.61 Å². The molecule has 1 aliphatic rings. The molecular formula is C21H19FN6O. The number of aromatic nitrogens is 5. The van der Waals surface area contributed by atoms with E-state index < -0.39 is 0 Å². The molecule has 0 bridgehead atoms. The van der Waals surface area contributed by atoms with Gasteiger partial charge in [0.05, 0.1) is 6.61 Å². The van der Waals surface area contributed by atoms with Gasteiger partial charge in [0.1, 0.15) is 17.9 Å². The first-order valence-corrected chi connectivity index (χ1v) is 9.50. The highest BCUT2D eigenvalue weighted by atomic mass is 19.1. The highest BCUT2D eigenvalue weighted by molar-refractivity contribution is 5.78. The van der Waals surface area contributed by atoms with Gasteiger partial charge in [0.15, 0.2) is 5.65 Å². The van der Waals surface area contributed by atoms with E-state index in [-0.39, 0.29) is 12.4 Å². The van der Waals surface area contributed by atoms with Crippen molar-refractivity contribution in [3.05, 3.63) is 65.6 Å². The van der Waals surface area contributed by atoms with Crippen LogP contribution in [0.15, 0.2) is 43.0 Å². The van der Waals surface area contributed by atoms with Crippen LogP contribution in [0.4, 0.5) is 10.3 Å². The summed E-state index contributed by atoms with van der Waals surface area (Å²) < 4.78 is 21.8. The fraction of sp³-hybridized carbons (Fsp3) is 0.238. The molecule has 0 saturated carbocycles. The second-order valence-electron chi connectivity index (χ2n) is 6.94. The summed E-state index contributed by atoms with van der Waals surface area (Å²) in [6, 6.07) is 7.01. The van der Waals surface area contributed by atoms with E-state index in [1.54, 1.807) is 23.0 Å². The fourth-order valence-corrected chi connectivity index (χ4v) is 3.74. The predicted molar refractivity (Wildman–Crippen MR) is 106 cm³/mol. The number of ether oxygens (including phenoxy) is 1. The molecule has 29 heavy (non-hydrogen) atoms. The van der Waals surface area contributed by atoms with Crippen LogP contribution in [0.5, 0.6) is 5.75 Å². The molecule has 0 unspecified atom stereocenters. The molecule has 8 heteroatoms. The molecule has 7 nitrogen and oxygen atoms in total. The average molecular weight is 390 g/mol. The SMILES string of the molecule is Cc1ncccc1-c1cnc(NCc2c(F)ccc3c2CCCO3)n2ncnc12. The van der Waals surface area contributed by atoms with Gasteiger partial charge >= 0.3 is 0 Å². The van der Waals surface area contributed by atoms with Crippen molar-refractivity contribution in [2.24, 2.45) is 0 Å². The maximum atomic E-state index is 14.5. The van der Waals surface area contributed by atoms with Gasteiger partial charge in [0.2, 0.25) is 5.95 Å². The molecule has 0 atom stereocenters. The minimum atomic E-state index is -0.251. The van der Waals surface area contributed by atoms with Crippen molar-refractivity contribution < 1.29 is 9.13 Å². The Morgan fingerprint density at radius 2 is 2.10 bits per heavy atom. The van der Waals surface area contributed by atoms with Crippen molar-refractivity contribution in [2.45, 2.75) is 26.3 Å². The van der Waals surface area contributed by atoms with Crippen LogP contribution in [0, 0.1) is 12.7 Å². The monoisotopic (exact) mass is 390 g/mol. The molecular weight excluding hydrogens is 371 g/mol. The second kappa shape index (κ2) is 7.12. The summed E-state index contributed by atoms with van der Waals surface area (Å²) in [7, 11) is 0. The number of fused-ring (bicyclic) bond motifs is 2. The van der Waals surface area contributed by atoms with Crippen molar-refractivity contribution in [3.8, 4) is 16.9 Å². The minimum Gasteiger partial charge on any atom is -0.493 e. The van der Waals surface area contributed by atoms with E-state index in [2.05, 4.69) is 25.4 Å². The van der Waals surface area contributed by atoms with E-state index in [9.17, 15) is 4.39 Å². The van der Waals surface area contributed by atoms with Crippen LogP contribution >= 0.6 is 0 Å². The lowest BCUT2D eigenvalue weighted by atomic mass is 9.99. The highest BCUT2D eigenvalue weighted by Crippen LogP contribution is 2.31. The van der Waals surface area contributed by atoms with Gasteiger partial charge in [-0.1, -0.05) is 6.07 Å². The largest absolute Gasteiger partial charge is 0.493 e. The molecule has 0 amide bonds. The molecule has 1 aromatic carbocycles. The van der Waals surface area contributed by atoms with Gasteiger partial charge < -0.3 is 10.1 Å². The summed E-state index contributed by atoms with van der Waals surface area (Å²) in [5, 5.41) is 7.51. The zero-order valence-corrected chi connectivity index (χ0v) is 15.9. The molecule has 3 aromatic heterocycles. The zero-order chi connectivity index (χ0) is 19.8. The van der Waals surface area contributed by atoms with Crippen LogP contribution in [0.25, 0.3) is 16.8 Å². The van der Waals surface area contributed by atoms with Crippen molar-refractivity contribution in [2.75, 3.05) is 11.9 Å². The molecule has 4 heterocycles. The smallest absolute Gasteiger partial charge is 0.226 e. The third-order valence-electron chi connectivity index (χ3n) is 5.19. The first-order chi connectivity index (χ1) is 14.2. The molecule has 146 valence electrons. The number of nitrogens with zero attached hydrogens (tertiary/aromatic N) is 5. The van der Waals surface area contributed by atoms with Crippen LogP contribution in [-0.2, 0) is 13.0 Å². The molecule has 0 fully saturated rings. The van der Waals surface area contributed by atoms with Gasteiger partial charge in [-0.25, -0.2) is 14.4 Å².